The Morgan fingerprint density at radius 1 is 1.03 bits per heavy atom. The molecule has 4 rings (SSSR count). The van der Waals surface area contributed by atoms with Gasteiger partial charge in [-0.1, -0.05) is 53.5 Å². The second-order valence-corrected chi connectivity index (χ2v) is 8.31. The third kappa shape index (κ3) is 5.52. The molecule has 1 atom stereocenters. The van der Waals surface area contributed by atoms with Crippen molar-refractivity contribution in [3.8, 4) is 17.0 Å². The average molecular weight is 538 g/mol. The Kier molecular flexibility index (Phi) is 7.04. The first kappa shape index (κ1) is 25.3. The highest BCUT2D eigenvalue weighted by Crippen LogP contribution is 2.32. The largest absolute Gasteiger partial charge is 0.479 e. The normalized spacial score (nSPS) is 12.3. The zero-order chi connectivity index (χ0) is 26.0. The number of ether oxygens (including phenoxy) is 1. The summed E-state index contributed by atoms with van der Waals surface area (Å²) in [5, 5.41) is 4.29. The summed E-state index contributed by atoms with van der Waals surface area (Å²) in [6.07, 6.45) is -5.87. The lowest BCUT2D eigenvalue weighted by Gasteiger charge is -2.16. The standard InChI is InChI=1S/C23H16Cl2F3N5O3/c1-12(36-18-9-14(24)7-8-15(18)25)21(34)30-31-22(35)17-11-20-29-16(13-5-3-2-4-6-13)10-19(23(26,27)28)33(20)32-17/h2-12H,1H3,(H,30,34)(H,31,35)/t12-/m1/s1. The monoisotopic (exact) mass is 537 g/mol. The van der Waals surface area contributed by atoms with Gasteiger partial charge in [-0.05, 0) is 25.1 Å². The molecule has 0 saturated heterocycles. The number of amides is 2. The van der Waals surface area contributed by atoms with Gasteiger partial charge in [0.15, 0.2) is 23.1 Å². The van der Waals surface area contributed by atoms with Crippen LogP contribution in [0, 0.1) is 0 Å². The van der Waals surface area contributed by atoms with Gasteiger partial charge in [-0.25, -0.2) is 9.50 Å². The number of halogens is 5. The summed E-state index contributed by atoms with van der Waals surface area (Å²) >= 11 is 11.9. The SMILES string of the molecule is C[C@@H](Oc1cc(Cl)ccc1Cl)C(=O)NNC(=O)c1cc2nc(-c3ccccc3)cc(C(F)(F)F)n2n1. The van der Waals surface area contributed by atoms with Crippen LogP contribution in [0.2, 0.25) is 10.0 Å². The number of rotatable bonds is 5. The summed E-state index contributed by atoms with van der Waals surface area (Å²) in [6, 6.07) is 14.6. The van der Waals surface area contributed by atoms with Gasteiger partial charge in [0.05, 0.1) is 10.7 Å². The van der Waals surface area contributed by atoms with Gasteiger partial charge < -0.3 is 4.74 Å². The number of alkyl halides is 3. The van der Waals surface area contributed by atoms with Crippen LogP contribution in [-0.2, 0) is 11.0 Å². The first-order valence-corrected chi connectivity index (χ1v) is 11.0. The molecule has 2 amide bonds. The molecule has 8 nitrogen and oxygen atoms in total. The lowest BCUT2D eigenvalue weighted by molar-refractivity contribution is -0.142. The van der Waals surface area contributed by atoms with Crippen LogP contribution in [0.15, 0.2) is 60.7 Å². The van der Waals surface area contributed by atoms with E-state index in [0.717, 1.165) is 12.1 Å². The fraction of sp³-hybridized carbons (Fsp3) is 0.130. The van der Waals surface area contributed by atoms with E-state index in [-0.39, 0.29) is 22.1 Å². The van der Waals surface area contributed by atoms with E-state index in [1.54, 1.807) is 36.4 Å². The van der Waals surface area contributed by atoms with E-state index < -0.39 is 35.5 Å². The maximum Gasteiger partial charge on any atom is 0.433 e. The van der Waals surface area contributed by atoms with Gasteiger partial charge in [-0.2, -0.15) is 18.3 Å². The molecule has 2 aromatic carbocycles. The third-order valence-corrected chi connectivity index (χ3v) is 5.43. The van der Waals surface area contributed by atoms with Crippen LogP contribution in [0.1, 0.15) is 23.1 Å². The van der Waals surface area contributed by atoms with Crippen LogP contribution in [0.25, 0.3) is 16.9 Å². The van der Waals surface area contributed by atoms with Crippen molar-refractivity contribution in [3.05, 3.63) is 82.1 Å². The van der Waals surface area contributed by atoms with Crippen molar-refractivity contribution in [2.24, 2.45) is 0 Å². The molecule has 186 valence electrons. The molecular weight excluding hydrogens is 522 g/mol. The Labute approximate surface area is 212 Å². The lowest BCUT2D eigenvalue weighted by Crippen LogP contribution is -2.47. The number of fused-ring (bicyclic) bond motifs is 1. The summed E-state index contributed by atoms with van der Waals surface area (Å²) in [7, 11) is 0. The van der Waals surface area contributed by atoms with Crippen LogP contribution in [0.4, 0.5) is 13.2 Å². The predicted molar refractivity (Wildman–Crippen MR) is 126 cm³/mol. The van der Waals surface area contributed by atoms with E-state index in [9.17, 15) is 22.8 Å². The first-order chi connectivity index (χ1) is 17.0. The minimum Gasteiger partial charge on any atom is -0.479 e. The summed E-state index contributed by atoms with van der Waals surface area (Å²) in [6.45, 7) is 1.40. The fourth-order valence-electron chi connectivity index (χ4n) is 3.14. The van der Waals surface area contributed by atoms with Gasteiger partial charge in [0.1, 0.15) is 5.75 Å². The highest BCUT2D eigenvalue weighted by molar-refractivity contribution is 6.34. The third-order valence-electron chi connectivity index (χ3n) is 4.89. The minimum absolute atomic E-state index is 0.0567. The zero-order valence-electron chi connectivity index (χ0n) is 18.3. The molecule has 0 aliphatic heterocycles. The molecule has 0 saturated carbocycles. The van der Waals surface area contributed by atoms with E-state index in [1.807, 2.05) is 0 Å². The Morgan fingerprint density at radius 2 is 1.75 bits per heavy atom. The summed E-state index contributed by atoms with van der Waals surface area (Å²) in [4.78, 5) is 29.0. The van der Waals surface area contributed by atoms with Crippen LogP contribution in [0.3, 0.4) is 0 Å². The van der Waals surface area contributed by atoms with E-state index in [2.05, 4.69) is 20.9 Å². The molecule has 0 aliphatic carbocycles. The van der Waals surface area contributed by atoms with Crippen molar-refractivity contribution >= 4 is 40.7 Å². The van der Waals surface area contributed by atoms with E-state index in [1.165, 1.54) is 19.1 Å². The number of aromatic nitrogens is 3. The molecule has 0 spiro atoms. The number of hydrogen-bond donors (Lipinski definition) is 2. The van der Waals surface area contributed by atoms with Gasteiger partial charge in [0, 0.05) is 22.7 Å². The van der Waals surface area contributed by atoms with Crippen LogP contribution >= 0.6 is 23.2 Å². The quantitative estimate of drug-likeness (QED) is 0.351. The number of hydrazine groups is 1. The molecule has 0 radical (unpaired) electrons. The Morgan fingerprint density at radius 3 is 2.44 bits per heavy atom. The Bertz CT molecular complexity index is 1440. The van der Waals surface area contributed by atoms with Gasteiger partial charge >= 0.3 is 6.18 Å². The van der Waals surface area contributed by atoms with E-state index in [0.29, 0.717) is 15.1 Å². The molecule has 36 heavy (non-hydrogen) atoms. The van der Waals surface area contributed by atoms with Crippen molar-refractivity contribution in [2.45, 2.75) is 19.2 Å². The predicted octanol–water partition coefficient (Wildman–Crippen LogP) is 4.95. The molecular formula is C23H16Cl2F3N5O3. The second kappa shape index (κ2) is 10.0. The van der Waals surface area contributed by atoms with Crippen molar-refractivity contribution in [3.63, 3.8) is 0 Å². The maximum absolute atomic E-state index is 13.7. The zero-order valence-corrected chi connectivity index (χ0v) is 19.8. The summed E-state index contributed by atoms with van der Waals surface area (Å²) in [5.74, 6) is -1.57. The lowest BCUT2D eigenvalue weighted by atomic mass is 10.1. The Hall–Kier alpha value is -3.83. The van der Waals surface area contributed by atoms with Crippen molar-refractivity contribution in [1.29, 1.82) is 0 Å². The van der Waals surface area contributed by atoms with Crippen LogP contribution in [0.5, 0.6) is 5.75 Å². The topological polar surface area (TPSA) is 97.6 Å². The molecule has 0 unspecified atom stereocenters. The molecule has 0 aliphatic rings. The van der Waals surface area contributed by atoms with Gasteiger partial charge in [0.25, 0.3) is 11.8 Å². The van der Waals surface area contributed by atoms with Crippen molar-refractivity contribution in [1.82, 2.24) is 25.4 Å². The molecule has 2 aromatic heterocycles. The molecule has 13 heteroatoms. The smallest absolute Gasteiger partial charge is 0.433 e. The van der Waals surface area contributed by atoms with Gasteiger partial charge in [0.2, 0.25) is 0 Å². The number of nitrogens with one attached hydrogen (secondary N) is 2. The second-order valence-electron chi connectivity index (χ2n) is 7.47. The Balaban J connectivity index is 1.52. The first-order valence-electron chi connectivity index (χ1n) is 10.3. The molecule has 0 fully saturated rings. The van der Waals surface area contributed by atoms with Gasteiger partial charge in [-0.3, -0.25) is 20.4 Å². The minimum atomic E-state index is -4.77. The number of nitrogens with zero attached hydrogens (tertiary/aromatic N) is 3. The molecule has 2 heterocycles. The molecule has 4 aromatic rings. The summed E-state index contributed by atoms with van der Waals surface area (Å²) < 4.78 is 47.1. The maximum atomic E-state index is 13.7. The fourth-order valence-corrected chi connectivity index (χ4v) is 3.46. The van der Waals surface area contributed by atoms with Crippen molar-refractivity contribution in [2.75, 3.05) is 0 Å². The van der Waals surface area contributed by atoms with Crippen LogP contribution < -0.4 is 15.6 Å². The van der Waals surface area contributed by atoms with E-state index in [4.69, 9.17) is 27.9 Å². The molecule has 2 N–H and O–H groups in total. The van der Waals surface area contributed by atoms with Crippen LogP contribution in [-0.4, -0.2) is 32.5 Å². The average Bonchev–Trinajstić information content (AvgIpc) is 3.28. The van der Waals surface area contributed by atoms with Gasteiger partial charge in [-0.15, -0.1) is 0 Å². The van der Waals surface area contributed by atoms with Crippen molar-refractivity contribution < 1.29 is 27.5 Å². The number of benzene rings is 2. The highest BCUT2D eigenvalue weighted by atomic mass is 35.5. The number of carbonyl (C=O) groups is 2. The number of hydrogen-bond acceptors (Lipinski definition) is 5. The highest BCUT2D eigenvalue weighted by Gasteiger charge is 2.35. The molecule has 0 bridgehead atoms. The number of carbonyl (C=O) groups excluding carboxylic acids is 2. The summed E-state index contributed by atoms with van der Waals surface area (Å²) in [5.41, 5.74) is 3.02. The van der Waals surface area contributed by atoms with E-state index >= 15 is 0 Å².